The molecule has 5 rings (SSSR count). The second kappa shape index (κ2) is 8.74. The molecule has 32 heavy (non-hydrogen) atoms. The van der Waals surface area contributed by atoms with E-state index in [0.717, 1.165) is 47.9 Å². The van der Waals surface area contributed by atoms with Gasteiger partial charge in [-0.1, -0.05) is 12.1 Å². The molecule has 7 heteroatoms. The standard InChI is InChI=1S/C25H27FN4O2/c1-2-30(25(31)24-28-21-8-3-4-9-22(21)29-24)19-7-5-6-18(14-19)27-15-20-13-16-12-17(26)10-11-23(16)32-20/h3-4,8-13,18-19,27H,2,5-7,14-15H2,1H3,(H,28,29)/t18-,19+/m1/s1. The molecule has 0 bridgehead atoms. The molecule has 6 nitrogen and oxygen atoms in total. The summed E-state index contributed by atoms with van der Waals surface area (Å²) >= 11 is 0. The van der Waals surface area contributed by atoms with Crippen molar-refractivity contribution in [1.82, 2.24) is 20.2 Å². The predicted octanol–water partition coefficient (Wildman–Crippen LogP) is 5.01. The smallest absolute Gasteiger partial charge is 0.289 e. The first-order valence-corrected chi connectivity index (χ1v) is 11.3. The van der Waals surface area contributed by atoms with Gasteiger partial charge in [-0.15, -0.1) is 0 Å². The molecule has 0 saturated heterocycles. The van der Waals surface area contributed by atoms with E-state index in [-0.39, 0.29) is 23.8 Å². The third-order valence-corrected chi connectivity index (χ3v) is 6.38. The topological polar surface area (TPSA) is 74.2 Å². The molecular weight excluding hydrogens is 407 g/mol. The van der Waals surface area contributed by atoms with Gasteiger partial charge in [0.1, 0.15) is 17.2 Å². The summed E-state index contributed by atoms with van der Waals surface area (Å²) in [5.74, 6) is 0.881. The summed E-state index contributed by atoms with van der Waals surface area (Å²) in [5.41, 5.74) is 2.37. The number of aromatic amines is 1. The lowest BCUT2D eigenvalue weighted by Crippen LogP contribution is -2.47. The number of carbonyl (C=O) groups is 1. The molecule has 1 aliphatic rings. The number of H-pyrrole nitrogens is 1. The molecule has 2 aromatic carbocycles. The van der Waals surface area contributed by atoms with E-state index in [0.29, 0.717) is 24.5 Å². The van der Waals surface area contributed by atoms with Crippen LogP contribution in [-0.4, -0.2) is 39.4 Å². The molecule has 2 aromatic heterocycles. The zero-order valence-electron chi connectivity index (χ0n) is 18.1. The molecule has 4 aromatic rings. The Balaban J connectivity index is 1.24. The largest absolute Gasteiger partial charge is 0.460 e. The summed E-state index contributed by atoms with van der Waals surface area (Å²) in [6.45, 7) is 3.24. The minimum atomic E-state index is -0.262. The summed E-state index contributed by atoms with van der Waals surface area (Å²) in [4.78, 5) is 22.8. The highest BCUT2D eigenvalue weighted by Crippen LogP contribution is 2.26. The van der Waals surface area contributed by atoms with E-state index in [2.05, 4.69) is 15.3 Å². The maximum atomic E-state index is 13.4. The summed E-state index contributed by atoms with van der Waals surface area (Å²) in [6.07, 6.45) is 3.98. The van der Waals surface area contributed by atoms with Crippen molar-refractivity contribution >= 4 is 27.9 Å². The Hall–Kier alpha value is -3.19. The number of fused-ring (bicyclic) bond motifs is 2. The Morgan fingerprint density at radius 1 is 1.25 bits per heavy atom. The van der Waals surface area contributed by atoms with Crippen LogP contribution in [0.1, 0.15) is 49.0 Å². The fourth-order valence-corrected chi connectivity index (χ4v) is 4.79. The van der Waals surface area contributed by atoms with Crippen LogP contribution >= 0.6 is 0 Å². The van der Waals surface area contributed by atoms with Crippen LogP contribution in [0, 0.1) is 5.82 Å². The van der Waals surface area contributed by atoms with Crippen molar-refractivity contribution < 1.29 is 13.6 Å². The Bertz CT molecular complexity index is 1210. The molecule has 0 unspecified atom stereocenters. The number of aromatic nitrogens is 2. The van der Waals surface area contributed by atoms with Crippen LogP contribution in [0.15, 0.2) is 52.9 Å². The fourth-order valence-electron chi connectivity index (χ4n) is 4.79. The minimum absolute atomic E-state index is 0.0475. The lowest BCUT2D eigenvalue weighted by atomic mass is 9.89. The van der Waals surface area contributed by atoms with Gasteiger partial charge in [0.15, 0.2) is 5.82 Å². The third-order valence-electron chi connectivity index (χ3n) is 6.38. The average molecular weight is 435 g/mol. The van der Waals surface area contributed by atoms with Crippen LogP contribution in [0.25, 0.3) is 22.0 Å². The molecule has 0 radical (unpaired) electrons. The van der Waals surface area contributed by atoms with E-state index in [1.807, 2.05) is 42.2 Å². The SMILES string of the molecule is CCN(C(=O)c1nc2ccccc2[nH]1)[C@H]1CCC[C@@H](NCc2cc3cc(F)ccc3o2)C1. The number of rotatable bonds is 6. The first-order chi connectivity index (χ1) is 15.6. The molecule has 1 amide bonds. The molecule has 0 aliphatic heterocycles. The zero-order chi connectivity index (χ0) is 22.1. The van der Waals surface area contributed by atoms with Gasteiger partial charge in [0.05, 0.1) is 17.6 Å². The van der Waals surface area contributed by atoms with Crippen molar-refractivity contribution in [2.75, 3.05) is 6.54 Å². The van der Waals surface area contributed by atoms with E-state index in [1.54, 1.807) is 6.07 Å². The number of halogens is 1. The van der Waals surface area contributed by atoms with Crippen molar-refractivity contribution in [1.29, 1.82) is 0 Å². The molecule has 2 N–H and O–H groups in total. The molecule has 1 saturated carbocycles. The minimum Gasteiger partial charge on any atom is -0.460 e. The molecule has 2 atom stereocenters. The maximum absolute atomic E-state index is 13.4. The van der Waals surface area contributed by atoms with Crippen molar-refractivity contribution in [3.63, 3.8) is 0 Å². The Morgan fingerprint density at radius 2 is 2.12 bits per heavy atom. The number of amides is 1. The highest BCUT2D eigenvalue weighted by molar-refractivity contribution is 5.94. The number of hydrogen-bond acceptors (Lipinski definition) is 4. The van der Waals surface area contributed by atoms with Crippen LogP contribution in [0.3, 0.4) is 0 Å². The Kier molecular flexibility index (Phi) is 5.66. The third kappa shape index (κ3) is 4.12. The maximum Gasteiger partial charge on any atom is 0.289 e. The molecule has 2 heterocycles. The predicted molar refractivity (Wildman–Crippen MR) is 122 cm³/mol. The number of imidazole rings is 1. The highest BCUT2D eigenvalue weighted by atomic mass is 19.1. The van der Waals surface area contributed by atoms with Gasteiger partial charge in [0.2, 0.25) is 0 Å². The second-order valence-corrected chi connectivity index (χ2v) is 8.49. The van der Waals surface area contributed by atoms with Crippen LogP contribution in [-0.2, 0) is 6.54 Å². The first kappa shape index (κ1) is 20.7. The molecule has 1 fully saturated rings. The van der Waals surface area contributed by atoms with Crippen LogP contribution in [0.2, 0.25) is 0 Å². The normalized spacial score (nSPS) is 18.9. The number of furan rings is 1. The van der Waals surface area contributed by atoms with E-state index in [4.69, 9.17) is 4.42 Å². The van der Waals surface area contributed by atoms with Crippen molar-refractivity contribution in [2.24, 2.45) is 0 Å². The first-order valence-electron chi connectivity index (χ1n) is 11.3. The summed E-state index contributed by atoms with van der Waals surface area (Å²) in [6, 6.07) is 14.6. The number of para-hydroxylation sites is 2. The lowest BCUT2D eigenvalue weighted by Gasteiger charge is -2.37. The summed E-state index contributed by atoms with van der Waals surface area (Å²) in [7, 11) is 0. The van der Waals surface area contributed by atoms with Crippen LogP contribution < -0.4 is 5.32 Å². The molecule has 0 spiro atoms. The molecular formula is C25H27FN4O2. The average Bonchev–Trinajstić information content (AvgIpc) is 3.42. The van der Waals surface area contributed by atoms with E-state index in [9.17, 15) is 9.18 Å². The monoisotopic (exact) mass is 434 g/mol. The van der Waals surface area contributed by atoms with Crippen LogP contribution in [0.4, 0.5) is 4.39 Å². The second-order valence-electron chi connectivity index (χ2n) is 8.49. The van der Waals surface area contributed by atoms with Gasteiger partial charge >= 0.3 is 0 Å². The zero-order valence-corrected chi connectivity index (χ0v) is 18.1. The number of benzene rings is 2. The van der Waals surface area contributed by atoms with E-state index < -0.39 is 0 Å². The van der Waals surface area contributed by atoms with Gasteiger partial charge in [-0.05, 0) is 69.0 Å². The van der Waals surface area contributed by atoms with Crippen molar-refractivity contribution in [3.8, 4) is 0 Å². The molecule has 1 aliphatic carbocycles. The Labute approximate surface area is 185 Å². The highest BCUT2D eigenvalue weighted by Gasteiger charge is 2.30. The van der Waals surface area contributed by atoms with E-state index >= 15 is 0 Å². The number of nitrogens with one attached hydrogen (secondary N) is 2. The summed E-state index contributed by atoms with van der Waals surface area (Å²) < 4.78 is 19.3. The van der Waals surface area contributed by atoms with Gasteiger partial charge in [0.25, 0.3) is 5.91 Å². The van der Waals surface area contributed by atoms with Gasteiger partial charge in [-0.3, -0.25) is 4.79 Å². The van der Waals surface area contributed by atoms with E-state index in [1.165, 1.54) is 12.1 Å². The van der Waals surface area contributed by atoms with Gasteiger partial charge in [-0.2, -0.15) is 0 Å². The van der Waals surface area contributed by atoms with Crippen LogP contribution in [0.5, 0.6) is 0 Å². The van der Waals surface area contributed by atoms with Gasteiger partial charge < -0.3 is 19.6 Å². The number of hydrogen-bond donors (Lipinski definition) is 2. The van der Waals surface area contributed by atoms with Crippen molar-refractivity contribution in [3.05, 3.63) is 65.9 Å². The van der Waals surface area contributed by atoms with Gasteiger partial charge in [-0.25, -0.2) is 9.37 Å². The summed E-state index contributed by atoms with van der Waals surface area (Å²) in [5, 5.41) is 4.35. The quantitative estimate of drug-likeness (QED) is 0.447. The number of nitrogens with zero attached hydrogens (tertiary/aromatic N) is 2. The Morgan fingerprint density at radius 3 is 2.97 bits per heavy atom. The lowest BCUT2D eigenvalue weighted by molar-refractivity contribution is 0.0616. The number of carbonyl (C=O) groups excluding carboxylic acids is 1. The molecule has 166 valence electrons. The van der Waals surface area contributed by atoms with Crippen molar-refractivity contribution in [2.45, 2.75) is 51.2 Å². The van der Waals surface area contributed by atoms with Gasteiger partial charge in [0, 0.05) is 24.0 Å². The fraction of sp³-hybridized carbons (Fsp3) is 0.360.